The van der Waals surface area contributed by atoms with Gasteiger partial charge in [0, 0.05) is 19.7 Å². The molecule has 1 saturated heterocycles. The quantitative estimate of drug-likeness (QED) is 0.619. The average molecular weight is 253 g/mol. The molecule has 104 valence electrons. The third-order valence-electron chi connectivity index (χ3n) is 4.06. The molecule has 4 nitrogen and oxygen atoms in total. The van der Waals surface area contributed by atoms with Crippen LogP contribution in [0.4, 0.5) is 0 Å². The molecule has 0 bridgehead atoms. The Morgan fingerprint density at radius 1 is 1.17 bits per heavy atom. The van der Waals surface area contributed by atoms with E-state index in [1.54, 1.807) is 0 Å². The summed E-state index contributed by atoms with van der Waals surface area (Å²) in [5, 5.41) is 0. The highest BCUT2D eigenvalue weighted by molar-refractivity contribution is 5.78. The summed E-state index contributed by atoms with van der Waals surface area (Å²) in [5.74, 6) is 0.761. The zero-order chi connectivity index (χ0) is 12.8. The Balaban J connectivity index is 1.79. The number of hydrogen-bond acceptors (Lipinski definition) is 2. The van der Waals surface area contributed by atoms with Crippen LogP contribution in [0.3, 0.4) is 0 Å². The van der Waals surface area contributed by atoms with Crippen LogP contribution in [-0.4, -0.2) is 42.7 Å². The molecule has 0 amide bonds. The molecule has 0 atom stereocenters. The smallest absolute Gasteiger partial charge is 0.191 e. The molecule has 2 aliphatic rings. The molecule has 2 rings (SSSR count). The fourth-order valence-corrected chi connectivity index (χ4v) is 2.97. The monoisotopic (exact) mass is 253 g/mol. The van der Waals surface area contributed by atoms with Crippen molar-refractivity contribution in [1.82, 2.24) is 4.90 Å². The fourth-order valence-electron chi connectivity index (χ4n) is 2.97. The summed E-state index contributed by atoms with van der Waals surface area (Å²) in [6.07, 6.45) is 9.01. The van der Waals surface area contributed by atoms with Crippen molar-refractivity contribution in [2.24, 2.45) is 10.7 Å². The van der Waals surface area contributed by atoms with Crippen molar-refractivity contribution in [3.05, 3.63) is 0 Å². The Morgan fingerprint density at radius 2 is 1.83 bits per heavy atom. The van der Waals surface area contributed by atoms with Gasteiger partial charge in [-0.15, -0.1) is 0 Å². The molecule has 1 aliphatic heterocycles. The minimum absolute atomic E-state index is 0.425. The maximum absolute atomic E-state index is 6.13. The average Bonchev–Trinajstić information content (AvgIpc) is 2.41. The number of aliphatic imine (C=N–C) groups is 1. The first-order valence-corrected chi connectivity index (χ1v) is 7.49. The van der Waals surface area contributed by atoms with Gasteiger partial charge >= 0.3 is 0 Å². The third kappa shape index (κ3) is 3.87. The van der Waals surface area contributed by atoms with Crippen LogP contribution in [0.1, 0.15) is 51.9 Å². The van der Waals surface area contributed by atoms with E-state index in [-0.39, 0.29) is 0 Å². The van der Waals surface area contributed by atoms with Crippen LogP contribution in [0.5, 0.6) is 0 Å². The van der Waals surface area contributed by atoms with Gasteiger partial charge in [0.1, 0.15) is 0 Å². The number of nitrogens with zero attached hydrogens (tertiary/aromatic N) is 2. The van der Waals surface area contributed by atoms with Crippen molar-refractivity contribution >= 4 is 5.96 Å². The zero-order valence-corrected chi connectivity index (χ0v) is 11.6. The maximum Gasteiger partial charge on any atom is 0.191 e. The summed E-state index contributed by atoms with van der Waals surface area (Å²) in [7, 11) is 0. The van der Waals surface area contributed by atoms with Crippen molar-refractivity contribution in [3.8, 4) is 0 Å². The van der Waals surface area contributed by atoms with Gasteiger partial charge in [-0.05, 0) is 32.6 Å². The largest absolute Gasteiger partial charge is 0.378 e. The second-order valence-corrected chi connectivity index (χ2v) is 5.42. The molecule has 0 spiro atoms. The number of guanidine groups is 1. The van der Waals surface area contributed by atoms with Crippen molar-refractivity contribution in [2.45, 2.75) is 64.0 Å². The van der Waals surface area contributed by atoms with Crippen LogP contribution in [0.2, 0.25) is 0 Å². The molecule has 0 aromatic rings. The van der Waals surface area contributed by atoms with E-state index in [0.29, 0.717) is 12.1 Å². The van der Waals surface area contributed by atoms with Gasteiger partial charge in [-0.2, -0.15) is 0 Å². The predicted octanol–water partition coefficient (Wildman–Crippen LogP) is 2.13. The Hall–Kier alpha value is -0.770. The molecule has 0 radical (unpaired) electrons. The van der Waals surface area contributed by atoms with E-state index < -0.39 is 0 Å². The molecular formula is C14H27N3O. The van der Waals surface area contributed by atoms with Crippen LogP contribution in [-0.2, 0) is 4.74 Å². The van der Waals surface area contributed by atoms with Gasteiger partial charge in [0.05, 0.1) is 12.1 Å². The standard InChI is InChI=1S/C14H27N3O/c1-2-18-13-8-10-17(11-9-13)14(15)16-12-6-4-3-5-7-12/h12-13H,2-11H2,1H3,(H2,15,16). The van der Waals surface area contributed by atoms with Crippen LogP contribution in [0, 0.1) is 0 Å². The lowest BCUT2D eigenvalue weighted by molar-refractivity contribution is 0.0266. The van der Waals surface area contributed by atoms with Crippen LogP contribution < -0.4 is 5.73 Å². The first kappa shape index (κ1) is 13.7. The molecule has 4 heteroatoms. The van der Waals surface area contributed by atoms with Crippen molar-refractivity contribution in [1.29, 1.82) is 0 Å². The van der Waals surface area contributed by atoms with Gasteiger partial charge < -0.3 is 15.4 Å². The molecule has 2 N–H and O–H groups in total. The van der Waals surface area contributed by atoms with Crippen molar-refractivity contribution in [2.75, 3.05) is 19.7 Å². The summed E-state index contributed by atoms with van der Waals surface area (Å²) in [4.78, 5) is 6.94. The molecule has 0 aromatic heterocycles. The first-order valence-electron chi connectivity index (χ1n) is 7.49. The van der Waals surface area contributed by atoms with Gasteiger partial charge in [0.2, 0.25) is 0 Å². The molecule has 0 unspecified atom stereocenters. The van der Waals surface area contributed by atoms with Crippen molar-refractivity contribution < 1.29 is 4.74 Å². The minimum Gasteiger partial charge on any atom is -0.378 e. The molecule has 1 heterocycles. The van der Waals surface area contributed by atoms with Gasteiger partial charge in [-0.1, -0.05) is 19.3 Å². The van der Waals surface area contributed by atoms with Gasteiger partial charge in [0.25, 0.3) is 0 Å². The normalized spacial score (nSPS) is 24.5. The topological polar surface area (TPSA) is 50.9 Å². The van der Waals surface area contributed by atoms with E-state index in [4.69, 9.17) is 15.5 Å². The zero-order valence-electron chi connectivity index (χ0n) is 11.6. The van der Waals surface area contributed by atoms with E-state index in [1.807, 2.05) is 0 Å². The van der Waals surface area contributed by atoms with Crippen molar-refractivity contribution in [3.63, 3.8) is 0 Å². The lowest BCUT2D eigenvalue weighted by atomic mass is 9.96. The van der Waals surface area contributed by atoms with E-state index >= 15 is 0 Å². The number of piperidine rings is 1. The minimum atomic E-state index is 0.425. The summed E-state index contributed by atoms with van der Waals surface area (Å²) >= 11 is 0. The number of rotatable bonds is 3. The SMILES string of the molecule is CCOC1CCN(C(N)=NC2CCCCC2)CC1. The molecule has 0 aromatic carbocycles. The second kappa shape index (κ2) is 6.98. The molecule has 1 saturated carbocycles. The Labute approximate surface area is 111 Å². The lowest BCUT2D eigenvalue weighted by Crippen LogP contribution is -2.45. The summed E-state index contributed by atoms with van der Waals surface area (Å²) < 4.78 is 5.65. The molecule has 1 aliphatic carbocycles. The van der Waals surface area contributed by atoms with Gasteiger partial charge in [-0.25, -0.2) is 4.99 Å². The third-order valence-corrected chi connectivity index (χ3v) is 4.06. The summed E-state index contributed by atoms with van der Waals surface area (Å²) in [5.41, 5.74) is 6.13. The Kier molecular flexibility index (Phi) is 5.29. The maximum atomic E-state index is 6.13. The lowest BCUT2D eigenvalue weighted by Gasteiger charge is -2.33. The highest BCUT2D eigenvalue weighted by Gasteiger charge is 2.21. The number of hydrogen-bond donors (Lipinski definition) is 1. The van der Waals surface area contributed by atoms with E-state index in [9.17, 15) is 0 Å². The second-order valence-electron chi connectivity index (χ2n) is 5.42. The molecular weight excluding hydrogens is 226 g/mol. The Morgan fingerprint density at radius 3 is 2.44 bits per heavy atom. The van der Waals surface area contributed by atoms with Gasteiger partial charge in [0.15, 0.2) is 5.96 Å². The number of likely N-dealkylation sites (tertiary alicyclic amines) is 1. The first-order chi connectivity index (χ1) is 8.79. The van der Waals surface area contributed by atoms with E-state index in [0.717, 1.165) is 38.5 Å². The highest BCUT2D eigenvalue weighted by Crippen LogP contribution is 2.21. The Bertz CT molecular complexity index is 266. The highest BCUT2D eigenvalue weighted by atomic mass is 16.5. The van der Waals surface area contributed by atoms with E-state index in [2.05, 4.69) is 11.8 Å². The predicted molar refractivity (Wildman–Crippen MR) is 74.7 cm³/mol. The molecule has 2 fully saturated rings. The summed E-state index contributed by atoms with van der Waals surface area (Å²) in [6.45, 7) is 4.86. The van der Waals surface area contributed by atoms with Crippen LogP contribution in [0.25, 0.3) is 0 Å². The van der Waals surface area contributed by atoms with Gasteiger partial charge in [-0.3, -0.25) is 0 Å². The fraction of sp³-hybridized carbons (Fsp3) is 0.929. The van der Waals surface area contributed by atoms with Crippen LogP contribution in [0.15, 0.2) is 4.99 Å². The number of nitrogens with two attached hydrogens (primary N) is 1. The number of ether oxygens (including phenoxy) is 1. The van der Waals surface area contributed by atoms with E-state index in [1.165, 1.54) is 32.1 Å². The summed E-state index contributed by atoms with van der Waals surface area (Å²) in [6, 6.07) is 0.475. The molecule has 18 heavy (non-hydrogen) atoms. The van der Waals surface area contributed by atoms with Crippen LogP contribution >= 0.6 is 0 Å².